The van der Waals surface area contributed by atoms with Gasteiger partial charge in [0, 0.05) is 24.9 Å². The SMILES string of the molecule is CCC1CCCCCN1C1CCCC(=O)C1. The summed E-state index contributed by atoms with van der Waals surface area (Å²) in [5.74, 6) is 0.496. The fourth-order valence-electron chi connectivity index (χ4n) is 3.40. The molecule has 0 bridgehead atoms. The number of Topliss-reactive ketones (excluding diaryl/α,β-unsaturated/α-hetero) is 1. The molecule has 2 fully saturated rings. The smallest absolute Gasteiger partial charge is 0.134 e. The Bertz CT molecular complexity index is 239. The average molecular weight is 223 g/mol. The van der Waals surface area contributed by atoms with Crippen molar-refractivity contribution in [1.29, 1.82) is 0 Å². The van der Waals surface area contributed by atoms with Crippen LogP contribution in [0.4, 0.5) is 0 Å². The Morgan fingerprint density at radius 1 is 1.19 bits per heavy atom. The van der Waals surface area contributed by atoms with Crippen molar-refractivity contribution in [1.82, 2.24) is 4.90 Å². The van der Waals surface area contributed by atoms with Crippen molar-refractivity contribution in [2.24, 2.45) is 0 Å². The summed E-state index contributed by atoms with van der Waals surface area (Å²) in [7, 11) is 0. The molecule has 1 heterocycles. The van der Waals surface area contributed by atoms with Crippen LogP contribution in [0.25, 0.3) is 0 Å². The first-order chi connectivity index (χ1) is 7.81. The zero-order valence-electron chi connectivity index (χ0n) is 10.6. The Morgan fingerprint density at radius 3 is 2.81 bits per heavy atom. The highest BCUT2D eigenvalue weighted by Crippen LogP contribution is 2.27. The molecule has 2 atom stereocenters. The van der Waals surface area contributed by atoms with E-state index in [1.807, 2.05) is 0 Å². The molecule has 2 unspecified atom stereocenters. The molecule has 0 N–H and O–H groups in total. The maximum atomic E-state index is 11.6. The fourth-order valence-corrected chi connectivity index (χ4v) is 3.40. The summed E-state index contributed by atoms with van der Waals surface area (Å²) >= 11 is 0. The molecule has 2 heteroatoms. The Labute approximate surface area is 99.4 Å². The Morgan fingerprint density at radius 2 is 2.06 bits per heavy atom. The Kier molecular flexibility index (Phi) is 4.39. The van der Waals surface area contributed by atoms with Gasteiger partial charge in [-0.3, -0.25) is 9.69 Å². The van der Waals surface area contributed by atoms with E-state index in [1.54, 1.807) is 0 Å². The van der Waals surface area contributed by atoms with Crippen LogP contribution in [-0.4, -0.2) is 29.3 Å². The predicted octanol–water partition coefficient (Wildman–Crippen LogP) is 3.15. The molecule has 1 saturated carbocycles. The number of carbonyl (C=O) groups excluding carboxylic acids is 1. The topological polar surface area (TPSA) is 20.3 Å². The third-order valence-corrected chi connectivity index (χ3v) is 4.32. The minimum absolute atomic E-state index is 0.496. The number of hydrogen-bond acceptors (Lipinski definition) is 2. The molecule has 0 aromatic carbocycles. The predicted molar refractivity (Wildman–Crippen MR) is 66.5 cm³/mol. The molecule has 0 radical (unpaired) electrons. The van der Waals surface area contributed by atoms with Gasteiger partial charge in [-0.05, 0) is 38.6 Å². The van der Waals surface area contributed by atoms with Gasteiger partial charge < -0.3 is 0 Å². The van der Waals surface area contributed by atoms with E-state index in [4.69, 9.17) is 0 Å². The van der Waals surface area contributed by atoms with Crippen molar-refractivity contribution in [3.63, 3.8) is 0 Å². The molecule has 0 spiro atoms. The molecule has 2 rings (SSSR count). The first-order valence-electron chi connectivity index (χ1n) is 7.08. The van der Waals surface area contributed by atoms with E-state index in [0.29, 0.717) is 11.8 Å². The summed E-state index contributed by atoms with van der Waals surface area (Å²) in [6.45, 7) is 3.53. The van der Waals surface area contributed by atoms with Gasteiger partial charge in [0.1, 0.15) is 5.78 Å². The largest absolute Gasteiger partial charge is 0.300 e. The van der Waals surface area contributed by atoms with E-state index in [2.05, 4.69) is 11.8 Å². The lowest BCUT2D eigenvalue weighted by atomic mass is 9.91. The van der Waals surface area contributed by atoms with Gasteiger partial charge >= 0.3 is 0 Å². The zero-order valence-corrected chi connectivity index (χ0v) is 10.6. The van der Waals surface area contributed by atoms with E-state index in [-0.39, 0.29) is 0 Å². The van der Waals surface area contributed by atoms with E-state index in [0.717, 1.165) is 25.3 Å². The number of rotatable bonds is 2. The van der Waals surface area contributed by atoms with Crippen molar-refractivity contribution in [3.05, 3.63) is 0 Å². The van der Waals surface area contributed by atoms with Crippen LogP contribution in [0.5, 0.6) is 0 Å². The van der Waals surface area contributed by atoms with E-state index < -0.39 is 0 Å². The summed E-state index contributed by atoms with van der Waals surface area (Å²) in [5, 5.41) is 0. The summed E-state index contributed by atoms with van der Waals surface area (Å²) in [6.07, 6.45) is 10.7. The van der Waals surface area contributed by atoms with Gasteiger partial charge in [-0.1, -0.05) is 19.8 Å². The van der Waals surface area contributed by atoms with Crippen molar-refractivity contribution in [3.8, 4) is 0 Å². The fraction of sp³-hybridized carbons (Fsp3) is 0.929. The average Bonchev–Trinajstić information content (AvgIpc) is 2.53. The molecule has 2 aliphatic rings. The van der Waals surface area contributed by atoms with Crippen LogP contribution in [0.1, 0.15) is 64.7 Å². The van der Waals surface area contributed by atoms with E-state index in [9.17, 15) is 4.79 Å². The van der Waals surface area contributed by atoms with Crippen LogP contribution >= 0.6 is 0 Å². The molecular weight excluding hydrogens is 198 g/mol. The molecular formula is C14H25NO. The van der Waals surface area contributed by atoms with Crippen LogP contribution in [0.15, 0.2) is 0 Å². The second-order valence-electron chi connectivity index (χ2n) is 5.44. The lowest BCUT2D eigenvalue weighted by Gasteiger charge is -2.38. The van der Waals surface area contributed by atoms with Gasteiger partial charge in [0.15, 0.2) is 0 Å². The highest BCUT2D eigenvalue weighted by molar-refractivity contribution is 5.79. The molecule has 1 aliphatic carbocycles. The molecule has 2 nitrogen and oxygen atoms in total. The van der Waals surface area contributed by atoms with Crippen LogP contribution in [0.3, 0.4) is 0 Å². The molecule has 1 aliphatic heterocycles. The molecule has 0 aromatic heterocycles. The van der Waals surface area contributed by atoms with E-state index >= 15 is 0 Å². The van der Waals surface area contributed by atoms with Crippen molar-refractivity contribution >= 4 is 5.78 Å². The lowest BCUT2D eigenvalue weighted by molar-refractivity contribution is -0.122. The summed E-state index contributed by atoms with van der Waals surface area (Å²) in [5.41, 5.74) is 0. The van der Waals surface area contributed by atoms with Crippen LogP contribution in [0.2, 0.25) is 0 Å². The second kappa shape index (κ2) is 5.81. The maximum absolute atomic E-state index is 11.6. The van der Waals surface area contributed by atoms with Crippen LogP contribution in [0, 0.1) is 0 Å². The van der Waals surface area contributed by atoms with Crippen molar-refractivity contribution in [2.45, 2.75) is 76.8 Å². The minimum Gasteiger partial charge on any atom is -0.300 e. The summed E-state index contributed by atoms with van der Waals surface area (Å²) < 4.78 is 0. The van der Waals surface area contributed by atoms with Gasteiger partial charge in [0.05, 0.1) is 0 Å². The first-order valence-corrected chi connectivity index (χ1v) is 7.08. The number of likely N-dealkylation sites (tertiary alicyclic amines) is 1. The standard InChI is InChI=1S/C14H25NO/c1-2-12-7-4-3-5-10-15(12)13-8-6-9-14(16)11-13/h12-13H,2-11H2,1H3. The number of hydrogen-bond donors (Lipinski definition) is 0. The quantitative estimate of drug-likeness (QED) is 0.716. The number of ketones is 1. The van der Waals surface area contributed by atoms with Crippen molar-refractivity contribution < 1.29 is 4.79 Å². The summed E-state index contributed by atoms with van der Waals surface area (Å²) in [4.78, 5) is 14.2. The number of nitrogens with zero attached hydrogens (tertiary/aromatic N) is 1. The molecule has 16 heavy (non-hydrogen) atoms. The first kappa shape index (κ1) is 12.1. The van der Waals surface area contributed by atoms with Crippen LogP contribution in [-0.2, 0) is 4.79 Å². The van der Waals surface area contributed by atoms with Gasteiger partial charge in [0.2, 0.25) is 0 Å². The van der Waals surface area contributed by atoms with Gasteiger partial charge in [0.25, 0.3) is 0 Å². The summed E-state index contributed by atoms with van der Waals surface area (Å²) in [6, 6.07) is 1.32. The molecule has 0 amide bonds. The zero-order chi connectivity index (χ0) is 11.4. The molecule has 0 aromatic rings. The Balaban J connectivity index is 2.00. The van der Waals surface area contributed by atoms with Gasteiger partial charge in [-0.2, -0.15) is 0 Å². The van der Waals surface area contributed by atoms with Crippen molar-refractivity contribution in [2.75, 3.05) is 6.54 Å². The minimum atomic E-state index is 0.496. The normalized spacial score (nSPS) is 33.7. The molecule has 92 valence electrons. The Hall–Kier alpha value is -0.370. The highest BCUT2D eigenvalue weighted by Gasteiger charge is 2.29. The third-order valence-electron chi connectivity index (χ3n) is 4.32. The van der Waals surface area contributed by atoms with Gasteiger partial charge in [-0.15, -0.1) is 0 Å². The third kappa shape index (κ3) is 2.85. The monoisotopic (exact) mass is 223 g/mol. The highest BCUT2D eigenvalue weighted by atomic mass is 16.1. The number of carbonyl (C=O) groups is 1. The van der Waals surface area contributed by atoms with Crippen LogP contribution < -0.4 is 0 Å². The second-order valence-corrected chi connectivity index (χ2v) is 5.44. The maximum Gasteiger partial charge on any atom is 0.134 e. The lowest BCUT2D eigenvalue weighted by Crippen LogP contribution is -2.45. The van der Waals surface area contributed by atoms with E-state index in [1.165, 1.54) is 45.1 Å². The molecule has 1 saturated heterocycles. The van der Waals surface area contributed by atoms with Gasteiger partial charge in [-0.25, -0.2) is 0 Å².